The van der Waals surface area contributed by atoms with Gasteiger partial charge in [-0.15, -0.1) is 0 Å². The number of hydrogen-bond acceptors (Lipinski definition) is 2. The predicted molar refractivity (Wildman–Crippen MR) is 74.3 cm³/mol. The fraction of sp³-hybridized carbons (Fsp3) is 0.133. The van der Waals surface area contributed by atoms with Crippen molar-refractivity contribution in [2.75, 3.05) is 11.1 Å². The molecule has 2 aromatic rings. The molecule has 0 bridgehead atoms. The highest BCUT2D eigenvalue weighted by Crippen LogP contribution is 2.18. The van der Waals surface area contributed by atoms with Crippen LogP contribution in [0.15, 0.2) is 42.5 Å². The summed E-state index contributed by atoms with van der Waals surface area (Å²) >= 11 is 0. The smallest absolute Gasteiger partial charge is 0.228 e. The third kappa shape index (κ3) is 3.10. The molecular formula is C15H15FN2O. The van der Waals surface area contributed by atoms with Gasteiger partial charge in [-0.2, -0.15) is 0 Å². The maximum Gasteiger partial charge on any atom is 0.228 e. The Morgan fingerprint density at radius 1 is 1.21 bits per heavy atom. The molecule has 0 fully saturated rings. The van der Waals surface area contributed by atoms with Gasteiger partial charge in [0.1, 0.15) is 5.82 Å². The van der Waals surface area contributed by atoms with Crippen LogP contribution in [0.5, 0.6) is 0 Å². The van der Waals surface area contributed by atoms with E-state index in [2.05, 4.69) is 5.32 Å². The molecule has 0 aliphatic rings. The van der Waals surface area contributed by atoms with E-state index in [-0.39, 0.29) is 18.1 Å². The van der Waals surface area contributed by atoms with Crippen LogP contribution in [0.1, 0.15) is 11.1 Å². The SMILES string of the molecule is Cc1c(F)cccc1NC(=O)Cc1ccccc1N. The lowest BCUT2D eigenvalue weighted by Crippen LogP contribution is -2.16. The largest absolute Gasteiger partial charge is 0.398 e. The normalized spacial score (nSPS) is 10.2. The lowest BCUT2D eigenvalue weighted by molar-refractivity contribution is -0.115. The molecule has 3 N–H and O–H groups in total. The van der Waals surface area contributed by atoms with E-state index in [1.165, 1.54) is 6.07 Å². The van der Waals surface area contributed by atoms with Gasteiger partial charge in [0.05, 0.1) is 6.42 Å². The zero-order chi connectivity index (χ0) is 13.8. The number of carbonyl (C=O) groups excluding carboxylic acids is 1. The summed E-state index contributed by atoms with van der Waals surface area (Å²) in [6, 6.07) is 11.8. The van der Waals surface area contributed by atoms with Gasteiger partial charge in [-0.1, -0.05) is 24.3 Å². The van der Waals surface area contributed by atoms with Crippen molar-refractivity contribution in [1.29, 1.82) is 0 Å². The summed E-state index contributed by atoms with van der Waals surface area (Å²) in [6.45, 7) is 1.63. The van der Waals surface area contributed by atoms with Crippen molar-refractivity contribution in [2.45, 2.75) is 13.3 Å². The van der Waals surface area contributed by atoms with E-state index >= 15 is 0 Å². The summed E-state index contributed by atoms with van der Waals surface area (Å²) in [6.07, 6.45) is 0.169. The second kappa shape index (κ2) is 5.52. The molecule has 4 heteroatoms. The molecule has 19 heavy (non-hydrogen) atoms. The van der Waals surface area contributed by atoms with Crippen LogP contribution in [0.2, 0.25) is 0 Å². The summed E-state index contributed by atoms with van der Waals surface area (Å²) in [5, 5.41) is 2.69. The van der Waals surface area contributed by atoms with Crippen molar-refractivity contribution in [3.63, 3.8) is 0 Å². The number of para-hydroxylation sites is 1. The highest BCUT2D eigenvalue weighted by molar-refractivity contribution is 5.93. The summed E-state index contributed by atoms with van der Waals surface area (Å²) in [5.41, 5.74) is 8.03. The molecule has 1 amide bonds. The van der Waals surface area contributed by atoms with E-state index in [9.17, 15) is 9.18 Å². The number of benzene rings is 2. The summed E-state index contributed by atoms with van der Waals surface area (Å²) in [4.78, 5) is 11.9. The van der Waals surface area contributed by atoms with Crippen LogP contribution in [0, 0.1) is 12.7 Å². The summed E-state index contributed by atoms with van der Waals surface area (Å²) < 4.78 is 13.3. The van der Waals surface area contributed by atoms with Gasteiger partial charge >= 0.3 is 0 Å². The first-order chi connectivity index (χ1) is 9.08. The number of amides is 1. The van der Waals surface area contributed by atoms with E-state index in [0.29, 0.717) is 16.9 Å². The molecule has 2 rings (SSSR count). The van der Waals surface area contributed by atoms with Crippen LogP contribution >= 0.6 is 0 Å². The van der Waals surface area contributed by atoms with Crippen molar-refractivity contribution in [1.82, 2.24) is 0 Å². The molecule has 0 aliphatic heterocycles. The first kappa shape index (κ1) is 13.1. The standard InChI is InChI=1S/C15H15FN2O/c1-10-12(16)6-4-8-14(10)18-15(19)9-11-5-2-3-7-13(11)17/h2-8H,9,17H2,1H3,(H,18,19). The van der Waals surface area contributed by atoms with Crippen molar-refractivity contribution < 1.29 is 9.18 Å². The molecule has 3 nitrogen and oxygen atoms in total. The number of nitrogens with one attached hydrogen (secondary N) is 1. The van der Waals surface area contributed by atoms with Crippen molar-refractivity contribution in [3.8, 4) is 0 Å². The van der Waals surface area contributed by atoms with Gasteiger partial charge < -0.3 is 11.1 Å². The second-order valence-electron chi connectivity index (χ2n) is 4.34. The molecule has 98 valence electrons. The number of nitrogen functional groups attached to an aromatic ring is 1. The number of rotatable bonds is 3. The quantitative estimate of drug-likeness (QED) is 0.832. The van der Waals surface area contributed by atoms with Crippen LogP contribution in [0.3, 0.4) is 0 Å². The molecule has 0 atom stereocenters. The molecule has 0 radical (unpaired) electrons. The van der Waals surface area contributed by atoms with Gasteiger partial charge in [0.15, 0.2) is 0 Å². The molecule has 0 saturated carbocycles. The maximum absolute atomic E-state index is 13.3. The van der Waals surface area contributed by atoms with Crippen LogP contribution in [-0.4, -0.2) is 5.91 Å². The minimum atomic E-state index is -0.336. The van der Waals surface area contributed by atoms with Gasteiger partial charge in [-0.25, -0.2) is 4.39 Å². The second-order valence-corrected chi connectivity index (χ2v) is 4.34. The van der Waals surface area contributed by atoms with Crippen LogP contribution < -0.4 is 11.1 Å². The zero-order valence-electron chi connectivity index (χ0n) is 10.6. The van der Waals surface area contributed by atoms with E-state index in [0.717, 1.165) is 5.56 Å². The molecule has 0 saturated heterocycles. The molecule has 0 spiro atoms. The molecule has 0 unspecified atom stereocenters. The Morgan fingerprint density at radius 2 is 1.95 bits per heavy atom. The maximum atomic E-state index is 13.3. The molecule has 0 heterocycles. The third-order valence-corrected chi connectivity index (χ3v) is 2.95. The van der Waals surface area contributed by atoms with E-state index in [4.69, 9.17) is 5.73 Å². The molecule has 2 aromatic carbocycles. The molecular weight excluding hydrogens is 243 g/mol. The Bertz CT molecular complexity index is 611. The topological polar surface area (TPSA) is 55.1 Å². The Labute approximate surface area is 111 Å². The van der Waals surface area contributed by atoms with Gasteiger partial charge in [-0.3, -0.25) is 4.79 Å². The minimum Gasteiger partial charge on any atom is -0.398 e. The fourth-order valence-electron chi connectivity index (χ4n) is 1.81. The van der Waals surface area contributed by atoms with Gasteiger partial charge in [0, 0.05) is 16.9 Å². The van der Waals surface area contributed by atoms with Crippen molar-refractivity contribution >= 4 is 17.3 Å². The van der Waals surface area contributed by atoms with E-state index in [1.54, 1.807) is 31.2 Å². The first-order valence-corrected chi connectivity index (χ1v) is 5.96. The summed E-state index contributed by atoms with van der Waals surface area (Å²) in [5.74, 6) is -0.552. The Kier molecular flexibility index (Phi) is 3.80. The van der Waals surface area contributed by atoms with E-state index in [1.807, 2.05) is 12.1 Å². The lowest BCUT2D eigenvalue weighted by atomic mass is 10.1. The lowest BCUT2D eigenvalue weighted by Gasteiger charge is -2.09. The Hall–Kier alpha value is -2.36. The molecule has 0 aromatic heterocycles. The third-order valence-electron chi connectivity index (χ3n) is 2.95. The van der Waals surface area contributed by atoms with Crippen molar-refractivity contribution in [2.24, 2.45) is 0 Å². The monoisotopic (exact) mass is 258 g/mol. The molecule has 0 aliphatic carbocycles. The number of hydrogen-bond donors (Lipinski definition) is 2. The zero-order valence-corrected chi connectivity index (χ0v) is 10.6. The number of anilines is 2. The van der Waals surface area contributed by atoms with Crippen molar-refractivity contribution in [3.05, 3.63) is 59.4 Å². The van der Waals surface area contributed by atoms with Crippen LogP contribution in [-0.2, 0) is 11.2 Å². The van der Waals surface area contributed by atoms with E-state index < -0.39 is 0 Å². The average molecular weight is 258 g/mol. The number of nitrogens with two attached hydrogens (primary N) is 1. The Balaban J connectivity index is 2.10. The number of halogens is 1. The number of carbonyl (C=O) groups is 1. The van der Waals surface area contributed by atoms with Crippen LogP contribution in [0.25, 0.3) is 0 Å². The highest BCUT2D eigenvalue weighted by atomic mass is 19.1. The summed E-state index contributed by atoms with van der Waals surface area (Å²) in [7, 11) is 0. The minimum absolute atomic E-state index is 0.169. The van der Waals surface area contributed by atoms with Gasteiger partial charge in [-0.05, 0) is 30.7 Å². The van der Waals surface area contributed by atoms with Crippen LogP contribution in [0.4, 0.5) is 15.8 Å². The van der Waals surface area contributed by atoms with Gasteiger partial charge in [0.2, 0.25) is 5.91 Å². The highest BCUT2D eigenvalue weighted by Gasteiger charge is 2.09. The first-order valence-electron chi connectivity index (χ1n) is 5.96. The fourth-order valence-corrected chi connectivity index (χ4v) is 1.81. The van der Waals surface area contributed by atoms with Gasteiger partial charge in [0.25, 0.3) is 0 Å². The Morgan fingerprint density at radius 3 is 2.68 bits per heavy atom. The predicted octanol–water partition coefficient (Wildman–Crippen LogP) is 2.90. The average Bonchev–Trinajstić information content (AvgIpc) is 2.38.